The standard InChI is InChI=1S/C21H22ClN3OS/c1-24-10-12-25(13-11-24)17-8-4-2-6-15(17)14-23-21(26)20-19(22)16-7-3-5-9-18(16)27-20/h2-9H,10-14H2,1H3,(H,23,26). The average Bonchev–Trinajstić information content (AvgIpc) is 3.04. The zero-order chi connectivity index (χ0) is 18.8. The number of para-hydroxylation sites is 1. The Morgan fingerprint density at radius 2 is 1.78 bits per heavy atom. The number of anilines is 1. The van der Waals surface area contributed by atoms with Crippen LogP contribution in [0.15, 0.2) is 48.5 Å². The third-order valence-corrected chi connectivity index (χ3v) is 6.69. The topological polar surface area (TPSA) is 35.6 Å². The molecule has 0 saturated carbocycles. The highest BCUT2D eigenvalue weighted by atomic mass is 35.5. The van der Waals surface area contributed by atoms with Crippen LogP contribution in [0.3, 0.4) is 0 Å². The van der Waals surface area contributed by atoms with E-state index < -0.39 is 0 Å². The van der Waals surface area contributed by atoms with Gasteiger partial charge in [-0.25, -0.2) is 0 Å². The molecule has 2 aromatic carbocycles. The van der Waals surface area contributed by atoms with E-state index in [1.165, 1.54) is 17.0 Å². The molecule has 1 fully saturated rings. The fourth-order valence-electron chi connectivity index (χ4n) is 3.43. The van der Waals surface area contributed by atoms with Gasteiger partial charge in [-0.1, -0.05) is 48.0 Å². The molecule has 1 aliphatic heterocycles. The highest BCUT2D eigenvalue weighted by molar-refractivity contribution is 7.21. The van der Waals surface area contributed by atoms with Crippen molar-refractivity contribution in [2.24, 2.45) is 0 Å². The zero-order valence-corrected chi connectivity index (χ0v) is 16.8. The van der Waals surface area contributed by atoms with Gasteiger partial charge in [0.1, 0.15) is 4.88 Å². The molecule has 0 aliphatic carbocycles. The summed E-state index contributed by atoms with van der Waals surface area (Å²) in [6, 6.07) is 16.1. The molecule has 1 amide bonds. The van der Waals surface area contributed by atoms with Gasteiger partial charge < -0.3 is 15.1 Å². The number of nitrogens with one attached hydrogen (secondary N) is 1. The number of rotatable bonds is 4. The van der Waals surface area contributed by atoms with E-state index in [-0.39, 0.29) is 5.91 Å². The predicted octanol–water partition coefficient (Wildman–Crippen LogP) is 4.24. The highest BCUT2D eigenvalue weighted by Gasteiger charge is 2.19. The van der Waals surface area contributed by atoms with Gasteiger partial charge in [0.25, 0.3) is 5.91 Å². The van der Waals surface area contributed by atoms with Crippen molar-refractivity contribution in [3.8, 4) is 0 Å². The summed E-state index contributed by atoms with van der Waals surface area (Å²) >= 11 is 7.88. The van der Waals surface area contributed by atoms with Crippen molar-refractivity contribution >= 4 is 44.6 Å². The lowest BCUT2D eigenvalue weighted by molar-refractivity contribution is 0.0955. The van der Waals surface area contributed by atoms with Gasteiger partial charge in [-0.15, -0.1) is 11.3 Å². The summed E-state index contributed by atoms with van der Waals surface area (Å²) in [6.07, 6.45) is 0. The Labute approximate surface area is 168 Å². The van der Waals surface area contributed by atoms with Crippen LogP contribution in [0, 0.1) is 0 Å². The molecule has 1 saturated heterocycles. The number of carbonyl (C=O) groups excluding carboxylic acids is 1. The lowest BCUT2D eigenvalue weighted by Gasteiger charge is -2.35. The van der Waals surface area contributed by atoms with Gasteiger partial charge in [0.2, 0.25) is 0 Å². The maximum absolute atomic E-state index is 12.7. The smallest absolute Gasteiger partial charge is 0.263 e. The number of carbonyl (C=O) groups is 1. The molecule has 0 atom stereocenters. The summed E-state index contributed by atoms with van der Waals surface area (Å²) in [5.41, 5.74) is 2.33. The molecular formula is C21H22ClN3OS. The van der Waals surface area contributed by atoms with Gasteiger partial charge in [0, 0.05) is 48.5 Å². The predicted molar refractivity (Wildman–Crippen MR) is 114 cm³/mol. The first kappa shape index (κ1) is 18.3. The van der Waals surface area contributed by atoms with Crippen LogP contribution < -0.4 is 10.2 Å². The molecular weight excluding hydrogens is 378 g/mol. The Kier molecular flexibility index (Phi) is 5.34. The minimum absolute atomic E-state index is 0.116. The maximum atomic E-state index is 12.7. The molecule has 1 aliphatic rings. The number of hydrogen-bond donors (Lipinski definition) is 1. The Morgan fingerprint density at radius 3 is 2.56 bits per heavy atom. The van der Waals surface area contributed by atoms with E-state index >= 15 is 0 Å². The van der Waals surface area contributed by atoms with E-state index in [0.29, 0.717) is 16.4 Å². The molecule has 0 bridgehead atoms. The molecule has 4 rings (SSSR count). The van der Waals surface area contributed by atoms with Gasteiger partial charge in [-0.2, -0.15) is 0 Å². The lowest BCUT2D eigenvalue weighted by Crippen LogP contribution is -2.45. The van der Waals surface area contributed by atoms with Gasteiger partial charge in [-0.3, -0.25) is 4.79 Å². The molecule has 4 nitrogen and oxygen atoms in total. The van der Waals surface area contributed by atoms with Crippen LogP contribution in [0.5, 0.6) is 0 Å². The first-order chi connectivity index (χ1) is 13.1. The summed E-state index contributed by atoms with van der Waals surface area (Å²) in [6.45, 7) is 4.61. The SMILES string of the molecule is CN1CCN(c2ccccc2CNC(=O)c2sc3ccccc3c2Cl)CC1. The van der Waals surface area contributed by atoms with Gasteiger partial charge in [0.05, 0.1) is 5.02 Å². The quantitative estimate of drug-likeness (QED) is 0.712. The van der Waals surface area contributed by atoms with E-state index in [1.54, 1.807) is 0 Å². The molecule has 0 spiro atoms. The normalized spacial score (nSPS) is 15.3. The molecule has 1 N–H and O–H groups in total. The summed E-state index contributed by atoms with van der Waals surface area (Å²) in [7, 11) is 2.15. The summed E-state index contributed by atoms with van der Waals surface area (Å²) in [4.78, 5) is 18.0. The lowest BCUT2D eigenvalue weighted by atomic mass is 10.1. The number of halogens is 1. The number of amides is 1. The monoisotopic (exact) mass is 399 g/mol. The first-order valence-electron chi connectivity index (χ1n) is 9.10. The minimum Gasteiger partial charge on any atom is -0.369 e. The average molecular weight is 400 g/mol. The summed E-state index contributed by atoms with van der Waals surface area (Å²) in [5.74, 6) is -0.116. The van der Waals surface area contributed by atoms with Crippen molar-refractivity contribution in [3.05, 3.63) is 64.0 Å². The van der Waals surface area contributed by atoms with Crippen LogP contribution in [0.2, 0.25) is 5.02 Å². The maximum Gasteiger partial charge on any atom is 0.263 e. The van der Waals surface area contributed by atoms with Crippen LogP contribution in [0.1, 0.15) is 15.2 Å². The molecule has 1 aromatic heterocycles. The molecule has 6 heteroatoms. The Hall–Kier alpha value is -2.08. The highest BCUT2D eigenvalue weighted by Crippen LogP contribution is 2.35. The largest absolute Gasteiger partial charge is 0.369 e. The number of piperazine rings is 1. The second-order valence-electron chi connectivity index (χ2n) is 6.84. The van der Waals surface area contributed by atoms with E-state index in [1.807, 2.05) is 30.3 Å². The van der Waals surface area contributed by atoms with Crippen molar-refractivity contribution in [2.45, 2.75) is 6.54 Å². The second-order valence-corrected chi connectivity index (χ2v) is 8.27. The van der Waals surface area contributed by atoms with Crippen LogP contribution >= 0.6 is 22.9 Å². The summed E-state index contributed by atoms with van der Waals surface area (Å²) in [5, 5.41) is 4.53. The number of likely N-dealkylation sites (N-methyl/N-ethyl adjacent to an activating group) is 1. The molecule has 27 heavy (non-hydrogen) atoms. The molecule has 2 heterocycles. The zero-order valence-electron chi connectivity index (χ0n) is 15.2. The van der Waals surface area contributed by atoms with Gasteiger partial charge in [-0.05, 0) is 24.7 Å². The van der Waals surface area contributed by atoms with Crippen molar-refractivity contribution < 1.29 is 4.79 Å². The fourth-order valence-corrected chi connectivity index (χ4v) is 4.87. The van der Waals surface area contributed by atoms with Gasteiger partial charge >= 0.3 is 0 Å². The van der Waals surface area contributed by atoms with E-state index in [9.17, 15) is 4.79 Å². The molecule has 0 unspecified atom stereocenters. The summed E-state index contributed by atoms with van der Waals surface area (Å²) < 4.78 is 1.03. The third kappa shape index (κ3) is 3.81. The molecule has 140 valence electrons. The fraction of sp³-hybridized carbons (Fsp3) is 0.286. The minimum atomic E-state index is -0.116. The van der Waals surface area contributed by atoms with Crippen molar-refractivity contribution in [1.82, 2.24) is 10.2 Å². The molecule has 3 aromatic rings. The van der Waals surface area contributed by atoms with Crippen LogP contribution in [-0.4, -0.2) is 44.0 Å². The number of nitrogens with zero attached hydrogens (tertiary/aromatic N) is 2. The van der Waals surface area contributed by atoms with Crippen LogP contribution in [0.4, 0.5) is 5.69 Å². The first-order valence-corrected chi connectivity index (χ1v) is 10.3. The van der Waals surface area contributed by atoms with E-state index in [4.69, 9.17) is 11.6 Å². The third-order valence-electron chi connectivity index (χ3n) is 5.02. The molecule has 0 radical (unpaired) electrons. The number of thiophene rings is 1. The second kappa shape index (κ2) is 7.89. The Balaban J connectivity index is 1.50. The Bertz CT molecular complexity index is 963. The van der Waals surface area contributed by atoms with E-state index in [0.717, 1.165) is 41.8 Å². The van der Waals surface area contributed by atoms with Gasteiger partial charge in [0.15, 0.2) is 0 Å². The Morgan fingerprint density at radius 1 is 1.07 bits per heavy atom. The number of hydrogen-bond acceptors (Lipinski definition) is 4. The van der Waals surface area contributed by atoms with E-state index in [2.05, 4.69) is 40.4 Å². The van der Waals surface area contributed by atoms with Crippen LogP contribution in [-0.2, 0) is 6.54 Å². The van der Waals surface area contributed by atoms with Crippen LogP contribution in [0.25, 0.3) is 10.1 Å². The number of benzene rings is 2. The number of fused-ring (bicyclic) bond motifs is 1. The van der Waals surface area contributed by atoms with Crippen molar-refractivity contribution in [3.63, 3.8) is 0 Å². The van der Waals surface area contributed by atoms with Crippen molar-refractivity contribution in [2.75, 3.05) is 38.1 Å². The van der Waals surface area contributed by atoms with Crippen molar-refractivity contribution in [1.29, 1.82) is 0 Å².